The van der Waals surface area contributed by atoms with Crippen LogP contribution in [0.3, 0.4) is 0 Å². The van der Waals surface area contributed by atoms with Crippen LogP contribution >= 0.6 is 22.7 Å². The van der Waals surface area contributed by atoms with Crippen molar-refractivity contribution in [2.45, 2.75) is 32.9 Å². The molecule has 2 rings (SSSR count). The Morgan fingerprint density at radius 1 is 1.44 bits per heavy atom. The Kier molecular flexibility index (Phi) is 4.50. The van der Waals surface area contributed by atoms with E-state index in [-0.39, 0.29) is 6.04 Å². The molecule has 2 unspecified atom stereocenters. The lowest BCUT2D eigenvalue weighted by atomic mass is 10.1. The third-order valence-electron chi connectivity index (χ3n) is 2.89. The van der Waals surface area contributed by atoms with Crippen LogP contribution in [-0.2, 0) is 0 Å². The predicted molar refractivity (Wildman–Crippen MR) is 77.3 cm³/mol. The van der Waals surface area contributed by atoms with Crippen LogP contribution in [0, 0.1) is 13.8 Å². The van der Waals surface area contributed by atoms with Crippen molar-refractivity contribution in [3.05, 3.63) is 38.0 Å². The van der Waals surface area contributed by atoms with Crippen molar-refractivity contribution < 1.29 is 5.11 Å². The topological polar surface area (TPSA) is 45.2 Å². The van der Waals surface area contributed by atoms with Gasteiger partial charge in [-0.25, -0.2) is 4.98 Å². The van der Waals surface area contributed by atoms with Crippen molar-refractivity contribution in [1.82, 2.24) is 10.3 Å². The molecule has 2 atom stereocenters. The zero-order valence-corrected chi connectivity index (χ0v) is 12.4. The molecule has 0 bridgehead atoms. The van der Waals surface area contributed by atoms with Gasteiger partial charge in [-0.15, -0.1) is 11.3 Å². The molecule has 2 heterocycles. The molecule has 98 valence electrons. The van der Waals surface area contributed by atoms with E-state index in [1.165, 1.54) is 4.88 Å². The SMILES string of the molecule is Cc1nc(C(C)NCC(O)c2ccsc2)c(C)s1. The molecule has 0 aromatic carbocycles. The van der Waals surface area contributed by atoms with Crippen molar-refractivity contribution in [2.24, 2.45) is 0 Å². The summed E-state index contributed by atoms with van der Waals surface area (Å²) in [7, 11) is 0. The molecule has 2 N–H and O–H groups in total. The van der Waals surface area contributed by atoms with E-state index in [9.17, 15) is 5.11 Å². The van der Waals surface area contributed by atoms with Gasteiger partial charge in [0.05, 0.1) is 16.8 Å². The lowest BCUT2D eigenvalue weighted by Crippen LogP contribution is -2.25. The summed E-state index contributed by atoms with van der Waals surface area (Å²) in [6, 6.07) is 2.13. The second-order valence-corrected chi connectivity index (χ2v) is 6.56. The summed E-state index contributed by atoms with van der Waals surface area (Å²) in [5.41, 5.74) is 2.07. The molecule has 0 fully saturated rings. The van der Waals surface area contributed by atoms with Crippen LogP contribution in [0.4, 0.5) is 0 Å². The van der Waals surface area contributed by atoms with Gasteiger partial charge in [-0.1, -0.05) is 0 Å². The van der Waals surface area contributed by atoms with Crippen LogP contribution in [0.2, 0.25) is 0 Å². The van der Waals surface area contributed by atoms with E-state index in [1.54, 1.807) is 22.7 Å². The number of aliphatic hydroxyl groups excluding tert-OH is 1. The van der Waals surface area contributed by atoms with E-state index in [2.05, 4.69) is 24.1 Å². The van der Waals surface area contributed by atoms with Gasteiger partial charge in [-0.3, -0.25) is 0 Å². The second kappa shape index (κ2) is 5.93. The summed E-state index contributed by atoms with van der Waals surface area (Å²) in [6.07, 6.45) is -0.446. The molecule has 5 heteroatoms. The van der Waals surface area contributed by atoms with Crippen molar-refractivity contribution in [3.63, 3.8) is 0 Å². The maximum atomic E-state index is 10.0. The van der Waals surface area contributed by atoms with Gasteiger partial charge in [0.1, 0.15) is 0 Å². The number of aliphatic hydroxyl groups is 1. The lowest BCUT2D eigenvalue weighted by Gasteiger charge is -2.15. The van der Waals surface area contributed by atoms with Crippen LogP contribution in [0.5, 0.6) is 0 Å². The summed E-state index contributed by atoms with van der Waals surface area (Å²) in [4.78, 5) is 5.77. The first-order valence-corrected chi connectivity index (χ1v) is 7.71. The quantitative estimate of drug-likeness (QED) is 0.885. The Morgan fingerprint density at radius 2 is 2.22 bits per heavy atom. The Labute approximate surface area is 116 Å². The van der Waals surface area contributed by atoms with Crippen molar-refractivity contribution in [1.29, 1.82) is 0 Å². The molecular weight excluding hydrogens is 264 g/mol. The Bertz CT molecular complexity index is 493. The number of nitrogens with zero attached hydrogens (tertiary/aromatic N) is 1. The zero-order chi connectivity index (χ0) is 13.1. The smallest absolute Gasteiger partial charge is 0.0922 e. The van der Waals surface area contributed by atoms with Crippen LogP contribution in [0.25, 0.3) is 0 Å². The summed E-state index contributed by atoms with van der Waals surface area (Å²) in [5.74, 6) is 0. The second-order valence-electron chi connectivity index (χ2n) is 4.38. The molecule has 2 aromatic heterocycles. The Morgan fingerprint density at radius 3 is 2.78 bits per heavy atom. The average molecular weight is 282 g/mol. The van der Waals surface area contributed by atoms with Crippen molar-refractivity contribution in [2.75, 3.05) is 6.54 Å². The maximum absolute atomic E-state index is 10.0. The van der Waals surface area contributed by atoms with Crippen molar-refractivity contribution in [3.8, 4) is 0 Å². The van der Waals surface area contributed by atoms with E-state index in [0.29, 0.717) is 6.54 Å². The highest BCUT2D eigenvalue weighted by molar-refractivity contribution is 7.11. The number of thiazole rings is 1. The standard InChI is InChI=1S/C13H18N2OS2/c1-8(13-9(2)18-10(3)15-13)14-6-12(16)11-4-5-17-7-11/h4-5,7-8,12,14,16H,6H2,1-3H3. The zero-order valence-electron chi connectivity index (χ0n) is 10.8. The minimum absolute atomic E-state index is 0.170. The van der Waals surface area contributed by atoms with Crippen LogP contribution in [-0.4, -0.2) is 16.6 Å². The average Bonchev–Trinajstić information content (AvgIpc) is 2.95. The molecule has 0 aliphatic rings. The fourth-order valence-electron chi connectivity index (χ4n) is 1.91. The first kappa shape index (κ1) is 13.7. The van der Waals surface area contributed by atoms with Gasteiger partial charge < -0.3 is 10.4 Å². The number of thiophene rings is 1. The molecule has 3 nitrogen and oxygen atoms in total. The first-order valence-electron chi connectivity index (χ1n) is 5.95. The minimum atomic E-state index is -0.446. The van der Waals surface area contributed by atoms with Gasteiger partial charge in [0.25, 0.3) is 0 Å². The highest BCUT2D eigenvalue weighted by atomic mass is 32.1. The predicted octanol–water partition coefficient (Wildman–Crippen LogP) is 3.21. The Hall–Kier alpha value is -0.750. The number of aryl methyl sites for hydroxylation is 2. The number of rotatable bonds is 5. The summed E-state index contributed by atoms with van der Waals surface area (Å²) < 4.78 is 0. The van der Waals surface area contributed by atoms with Gasteiger partial charge in [0.15, 0.2) is 0 Å². The van der Waals surface area contributed by atoms with Gasteiger partial charge >= 0.3 is 0 Å². The molecule has 0 saturated carbocycles. The number of nitrogens with one attached hydrogen (secondary N) is 1. The van der Waals surface area contributed by atoms with Crippen LogP contribution in [0.1, 0.15) is 40.2 Å². The maximum Gasteiger partial charge on any atom is 0.0922 e. The third-order valence-corrected chi connectivity index (χ3v) is 4.50. The van der Waals surface area contributed by atoms with Gasteiger partial charge in [0, 0.05) is 17.5 Å². The molecule has 18 heavy (non-hydrogen) atoms. The summed E-state index contributed by atoms with van der Waals surface area (Å²) in [6.45, 7) is 6.75. The highest BCUT2D eigenvalue weighted by Gasteiger charge is 2.15. The van der Waals surface area contributed by atoms with E-state index in [4.69, 9.17) is 0 Å². The van der Waals surface area contributed by atoms with Gasteiger partial charge in [0.2, 0.25) is 0 Å². The van der Waals surface area contributed by atoms with Crippen LogP contribution in [0.15, 0.2) is 16.8 Å². The molecule has 0 spiro atoms. The molecule has 0 aliphatic heterocycles. The lowest BCUT2D eigenvalue weighted by molar-refractivity contribution is 0.171. The van der Waals surface area contributed by atoms with Crippen molar-refractivity contribution >= 4 is 22.7 Å². The molecule has 0 saturated heterocycles. The fourth-order valence-corrected chi connectivity index (χ4v) is 3.54. The van der Waals surface area contributed by atoms with E-state index < -0.39 is 6.10 Å². The fraction of sp³-hybridized carbons (Fsp3) is 0.462. The Balaban J connectivity index is 1.92. The van der Waals surface area contributed by atoms with Crippen LogP contribution < -0.4 is 5.32 Å². The van der Waals surface area contributed by atoms with Gasteiger partial charge in [-0.05, 0) is 43.2 Å². The first-order chi connectivity index (χ1) is 8.58. The third kappa shape index (κ3) is 3.17. The minimum Gasteiger partial charge on any atom is -0.387 e. The molecule has 0 radical (unpaired) electrons. The van der Waals surface area contributed by atoms with Gasteiger partial charge in [-0.2, -0.15) is 11.3 Å². The molecule has 0 amide bonds. The molecule has 0 aliphatic carbocycles. The highest BCUT2D eigenvalue weighted by Crippen LogP contribution is 2.23. The van der Waals surface area contributed by atoms with E-state index >= 15 is 0 Å². The molecular formula is C13H18N2OS2. The largest absolute Gasteiger partial charge is 0.387 e. The number of hydrogen-bond donors (Lipinski definition) is 2. The van der Waals surface area contributed by atoms with E-state index in [0.717, 1.165) is 16.3 Å². The molecule has 2 aromatic rings. The summed E-state index contributed by atoms with van der Waals surface area (Å²) >= 11 is 3.32. The summed E-state index contributed by atoms with van der Waals surface area (Å²) in [5, 5.41) is 18.4. The number of hydrogen-bond acceptors (Lipinski definition) is 5. The normalized spacial score (nSPS) is 14.7. The monoisotopic (exact) mass is 282 g/mol. The van der Waals surface area contributed by atoms with E-state index in [1.807, 2.05) is 23.8 Å². The number of aromatic nitrogens is 1.